The van der Waals surface area contributed by atoms with Gasteiger partial charge in [-0.05, 0) is 115 Å². The van der Waals surface area contributed by atoms with Gasteiger partial charge < -0.3 is 19.5 Å². The fourth-order valence-corrected chi connectivity index (χ4v) is 9.08. The molecular formula is C31H30F4N2O4S. The van der Waals surface area contributed by atoms with Crippen LogP contribution in [0.5, 0.6) is 11.5 Å². The normalized spacial score (nSPS) is 29.9. The van der Waals surface area contributed by atoms with E-state index in [0.717, 1.165) is 44.6 Å². The van der Waals surface area contributed by atoms with Crippen LogP contribution < -0.4 is 4.74 Å². The third-order valence-corrected chi connectivity index (χ3v) is 10.4. The van der Waals surface area contributed by atoms with Crippen LogP contribution in [0.1, 0.15) is 49.7 Å². The maximum Gasteiger partial charge on any atom is 0.573 e. The molecule has 0 atom stereocenters. The molecule has 8 rings (SSSR count). The molecule has 0 unspecified atom stereocenters. The Morgan fingerprint density at radius 1 is 1.05 bits per heavy atom. The molecule has 2 heterocycles. The molecule has 6 aliphatic rings. The van der Waals surface area contributed by atoms with E-state index < -0.39 is 29.6 Å². The zero-order chi connectivity index (χ0) is 29.2. The lowest BCUT2D eigenvalue weighted by molar-refractivity contribution is -0.274. The number of phenols is 1. The minimum Gasteiger partial charge on any atom is -0.505 e. The Balaban J connectivity index is 1.27. The molecule has 4 aliphatic carbocycles. The van der Waals surface area contributed by atoms with E-state index in [1.807, 2.05) is 4.90 Å². The van der Waals surface area contributed by atoms with Gasteiger partial charge in [0.2, 0.25) is 0 Å². The number of benzene rings is 2. The van der Waals surface area contributed by atoms with Crippen LogP contribution in [0.15, 0.2) is 40.2 Å². The highest BCUT2D eigenvalue weighted by Gasteiger charge is 2.52. The second-order valence-electron chi connectivity index (χ2n) is 12.3. The van der Waals surface area contributed by atoms with Crippen LogP contribution in [0.4, 0.5) is 17.6 Å². The van der Waals surface area contributed by atoms with Crippen LogP contribution >= 0.6 is 11.8 Å². The number of amidine groups is 1. The number of alkyl halides is 3. The molecule has 222 valence electrons. The average molecular weight is 603 g/mol. The number of hydrogen-bond donors (Lipinski definition) is 1. The van der Waals surface area contributed by atoms with Gasteiger partial charge >= 0.3 is 6.36 Å². The highest BCUT2D eigenvalue weighted by molar-refractivity contribution is 8.18. The molecular weight excluding hydrogens is 572 g/mol. The molecule has 4 saturated carbocycles. The van der Waals surface area contributed by atoms with Gasteiger partial charge in [0.1, 0.15) is 5.75 Å². The van der Waals surface area contributed by atoms with Crippen LogP contribution in [-0.2, 0) is 14.9 Å². The molecule has 5 fully saturated rings. The molecule has 1 amide bonds. The van der Waals surface area contributed by atoms with E-state index in [-0.39, 0.29) is 16.5 Å². The average Bonchev–Trinajstić information content (AvgIpc) is 3.29. The van der Waals surface area contributed by atoms with Gasteiger partial charge in [0.25, 0.3) is 5.91 Å². The first-order valence-corrected chi connectivity index (χ1v) is 15.2. The number of phenolic OH excluding ortho intramolecular Hbond substituents is 1. The minimum absolute atomic E-state index is 0.0244. The number of thioether (sulfide) groups is 1. The SMILES string of the molecule is O=C1N=C(N2CCOCC2)SC1=Cc1ccc(OC(F)(F)F)c(-c2cc(F)c(O)c(C34CC5CC(CC(C5)C3)C4)c2)c1. The summed E-state index contributed by atoms with van der Waals surface area (Å²) >= 11 is 1.20. The maximum absolute atomic E-state index is 15.4. The topological polar surface area (TPSA) is 71.4 Å². The van der Waals surface area contributed by atoms with Crippen molar-refractivity contribution < 1.29 is 36.9 Å². The van der Waals surface area contributed by atoms with Crippen molar-refractivity contribution in [1.82, 2.24) is 4.90 Å². The summed E-state index contributed by atoms with van der Waals surface area (Å²) < 4.78 is 65.4. The Hall–Kier alpha value is -3.05. The summed E-state index contributed by atoms with van der Waals surface area (Å²) in [6, 6.07) is 6.77. The lowest BCUT2D eigenvalue weighted by Crippen LogP contribution is -2.48. The molecule has 2 aliphatic heterocycles. The van der Waals surface area contributed by atoms with Crippen molar-refractivity contribution in [2.75, 3.05) is 26.3 Å². The minimum atomic E-state index is -4.97. The number of ether oxygens (including phenoxy) is 2. The molecule has 4 bridgehead atoms. The van der Waals surface area contributed by atoms with Gasteiger partial charge in [-0.25, -0.2) is 4.39 Å². The third-order valence-electron chi connectivity index (χ3n) is 9.40. The van der Waals surface area contributed by atoms with Crippen molar-refractivity contribution in [1.29, 1.82) is 0 Å². The molecule has 42 heavy (non-hydrogen) atoms. The van der Waals surface area contributed by atoms with E-state index in [0.29, 0.717) is 65.3 Å². The number of aromatic hydroxyl groups is 1. The van der Waals surface area contributed by atoms with Gasteiger partial charge in [0, 0.05) is 24.2 Å². The number of nitrogens with zero attached hydrogens (tertiary/aromatic N) is 2. The van der Waals surface area contributed by atoms with Gasteiger partial charge in [0.15, 0.2) is 16.7 Å². The van der Waals surface area contributed by atoms with Gasteiger partial charge in [-0.2, -0.15) is 4.99 Å². The summed E-state index contributed by atoms with van der Waals surface area (Å²) in [6.07, 6.45) is 2.59. The fourth-order valence-electron chi connectivity index (χ4n) is 8.12. The summed E-state index contributed by atoms with van der Waals surface area (Å²) in [5.74, 6) is -0.643. The van der Waals surface area contributed by atoms with Crippen LogP contribution in [-0.4, -0.2) is 53.7 Å². The molecule has 11 heteroatoms. The van der Waals surface area contributed by atoms with Crippen LogP contribution in [0.2, 0.25) is 0 Å². The molecule has 6 nitrogen and oxygen atoms in total. The Morgan fingerprint density at radius 2 is 1.71 bits per heavy atom. The van der Waals surface area contributed by atoms with Crippen LogP contribution in [0.3, 0.4) is 0 Å². The Labute approximate surface area is 244 Å². The Morgan fingerprint density at radius 3 is 2.36 bits per heavy atom. The van der Waals surface area contributed by atoms with Crippen molar-refractivity contribution in [3.8, 4) is 22.6 Å². The molecule has 0 aromatic heterocycles. The predicted octanol–water partition coefficient (Wildman–Crippen LogP) is 6.87. The van der Waals surface area contributed by atoms with Crippen molar-refractivity contribution in [3.63, 3.8) is 0 Å². The number of amides is 1. The van der Waals surface area contributed by atoms with E-state index in [1.165, 1.54) is 30.0 Å². The Kier molecular flexibility index (Phi) is 6.80. The maximum atomic E-state index is 15.4. The second kappa shape index (κ2) is 10.3. The van der Waals surface area contributed by atoms with Crippen molar-refractivity contribution in [2.24, 2.45) is 22.7 Å². The quantitative estimate of drug-likeness (QED) is 0.304. The molecule has 0 spiro atoms. The number of rotatable bonds is 4. The lowest BCUT2D eigenvalue weighted by Gasteiger charge is -2.57. The summed E-state index contributed by atoms with van der Waals surface area (Å²) in [7, 11) is 0. The summed E-state index contributed by atoms with van der Waals surface area (Å²) in [5, 5.41) is 11.5. The number of hydrogen-bond acceptors (Lipinski definition) is 6. The van der Waals surface area contributed by atoms with Crippen molar-refractivity contribution in [2.45, 2.75) is 50.3 Å². The van der Waals surface area contributed by atoms with Gasteiger partial charge in [0.05, 0.1) is 18.1 Å². The number of morpholine rings is 1. The molecule has 2 aromatic rings. The van der Waals surface area contributed by atoms with E-state index >= 15 is 4.39 Å². The highest BCUT2D eigenvalue weighted by atomic mass is 32.2. The van der Waals surface area contributed by atoms with Crippen molar-refractivity contribution in [3.05, 3.63) is 52.2 Å². The number of carbonyl (C=O) groups excluding carboxylic acids is 1. The number of aliphatic imine (C=N–C) groups is 1. The van der Waals surface area contributed by atoms with E-state index in [2.05, 4.69) is 9.73 Å². The molecule has 2 aromatic carbocycles. The zero-order valence-corrected chi connectivity index (χ0v) is 23.6. The van der Waals surface area contributed by atoms with E-state index in [1.54, 1.807) is 12.1 Å². The summed E-state index contributed by atoms with van der Waals surface area (Å²) in [5.41, 5.74) is 0.741. The monoisotopic (exact) mass is 602 g/mol. The first-order valence-electron chi connectivity index (χ1n) is 14.3. The summed E-state index contributed by atoms with van der Waals surface area (Å²) in [6.45, 7) is 2.29. The Bertz CT molecular complexity index is 1460. The first-order chi connectivity index (χ1) is 20.0. The van der Waals surface area contributed by atoms with Gasteiger partial charge in [-0.15, -0.1) is 13.2 Å². The van der Waals surface area contributed by atoms with Crippen LogP contribution in [0, 0.1) is 23.6 Å². The molecule has 0 radical (unpaired) electrons. The second-order valence-corrected chi connectivity index (χ2v) is 13.3. The largest absolute Gasteiger partial charge is 0.573 e. The highest BCUT2D eigenvalue weighted by Crippen LogP contribution is 2.62. The lowest BCUT2D eigenvalue weighted by atomic mass is 9.48. The van der Waals surface area contributed by atoms with Gasteiger partial charge in [-0.1, -0.05) is 6.07 Å². The first kappa shape index (κ1) is 27.8. The third kappa shape index (κ3) is 5.19. The fraction of sp³-hybridized carbons (Fsp3) is 0.484. The molecule has 1 saturated heterocycles. The van der Waals surface area contributed by atoms with E-state index in [4.69, 9.17) is 4.74 Å². The predicted molar refractivity (Wildman–Crippen MR) is 150 cm³/mol. The summed E-state index contributed by atoms with van der Waals surface area (Å²) in [4.78, 5) is 19.1. The van der Waals surface area contributed by atoms with Gasteiger partial charge in [-0.3, -0.25) is 4.79 Å². The molecule has 1 N–H and O–H groups in total. The van der Waals surface area contributed by atoms with Crippen LogP contribution in [0.25, 0.3) is 17.2 Å². The number of carbonyl (C=O) groups is 1. The zero-order valence-electron chi connectivity index (χ0n) is 22.8. The smallest absolute Gasteiger partial charge is 0.505 e. The van der Waals surface area contributed by atoms with E-state index in [9.17, 15) is 23.1 Å². The van der Waals surface area contributed by atoms with Crippen molar-refractivity contribution >= 4 is 28.9 Å². The standard InChI is InChI=1S/C31H30F4N2O4S/c32-24-13-21(12-23(27(24)38)30-14-18-7-19(15-30)9-20(8-18)16-30)22-10-17(1-2-25(22)41-31(33,34)35)11-26-28(39)36-29(42-26)37-3-5-40-6-4-37/h1-2,10-13,18-20,38H,3-9,14-16H2. The number of halogens is 4.